The monoisotopic (exact) mass is 386 g/mol. The highest BCUT2D eigenvalue weighted by Gasteiger charge is 2.43. The maximum Gasteiger partial charge on any atom is 0.122 e. The van der Waals surface area contributed by atoms with E-state index in [0.717, 1.165) is 29.2 Å². The molecule has 3 atom stereocenters. The van der Waals surface area contributed by atoms with E-state index in [1.165, 1.54) is 62.7 Å². The Morgan fingerprint density at radius 2 is 1.69 bits per heavy atom. The molecule has 3 aliphatic rings. The topological polar surface area (TPSA) is 36.3 Å². The summed E-state index contributed by atoms with van der Waals surface area (Å²) in [6.45, 7) is 2.45. The number of hydrogen-bond donors (Lipinski definition) is 0. The highest BCUT2D eigenvalue weighted by atomic mass is 16.5. The molecule has 3 fully saturated rings. The van der Waals surface area contributed by atoms with Crippen molar-refractivity contribution in [3.8, 4) is 22.9 Å². The number of nitriles is 1. The van der Waals surface area contributed by atoms with Crippen LogP contribution in [0.2, 0.25) is 0 Å². The van der Waals surface area contributed by atoms with E-state index in [4.69, 9.17) is 10.00 Å². The Bertz CT molecular complexity index is 905. The second-order valence-corrected chi connectivity index (χ2v) is 9.20. The van der Waals surface area contributed by atoms with Crippen LogP contribution in [0.25, 0.3) is 11.1 Å². The highest BCUT2D eigenvalue weighted by molar-refractivity contribution is 5.67. The summed E-state index contributed by atoms with van der Waals surface area (Å²) in [7, 11) is 1.78. The number of likely N-dealkylation sites (tertiary alicyclic amines) is 1. The van der Waals surface area contributed by atoms with Gasteiger partial charge in [0.25, 0.3) is 0 Å². The number of ether oxygens (including phenoxy) is 1. The van der Waals surface area contributed by atoms with E-state index in [1.807, 2.05) is 24.3 Å². The average Bonchev–Trinajstić information content (AvgIpc) is 3.43. The molecule has 1 unspecified atom stereocenters. The molecule has 0 spiro atoms. The molecule has 2 bridgehead atoms. The Morgan fingerprint density at radius 1 is 0.931 bits per heavy atom. The molecule has 0 aromatic heterocycles. The van der Waals surface area contributed by atoms with E-state index in [0.29, 0.717) is 11.5 Å². The van der Waals surface area contributed by atoms with Crippen molar-refractivity contribution >= 4 is 0 Å². The third kappa shape index (κ3) is 3.55. The SMILES string of the molecule is COc1ccc(-c2ccc(C#N)cc2)cc1C1CCN([C@@H]2C[C@H]3CCC2C3)CC1. The summed E-state index contributed by atoms with van der Waals surface area (Å²) in [6.07, 6.45) is 8.34. The standard InChI is InChI=1S/C26H30N2O/c1-29-26-9-8-22(20-5-2-18(17-27)3-6-20)16-24(26)21-10-12-28(13-11-21)25-15-19-4-7-23(25)14-19/h2-3,5-6,8-9,16,19,21,23,25H,4,7,10-15H2,1H3/t19-,23?,25+/m0/s1. The third-order valence-corrected chi connectivity index (χ3v) is 7.72. The van der Waals surface area contributed by atoms with Crippen molar-refractivity contribution in [1.29, 1.82) is 5.26 Å². The molecule has 150 valence electrons. The first-order valence-electron chi connectivity index (χ1n) is 11.2. The molecular weight excluding hydrogens is 356 g/mol. The maximum absolute atomic E-state index is 9.05. The first-order valence-corrected chi connectivity index (χ1v) is 11.2. The molecule has 2 aliphatic carbocycles. The Morgan fingerprint density at radius 3 is 2.31 bits per heavy atom. The van der Waals surface area contributed by atoms with Gasteiger partial charge in [-0.1, -0.05) is 24.6 Å². The normalized spacial score (nSPS) is 27.1. The van der Waals surface area contributed by atoms with Crippen LogP contribution in [0.5, 0.6) is 5.75 Å². The minimum absolute atomic E-state index is 0.568. The molecule has 0 radical (unpaired) electrons. The lowest BCUT2D eigenvalue weighted by Gasteiger charge is -2.40. The van der Waals surface area contributed by atoms with Gasteiger partial charge in [0, 0.05) is 6.04 Å². The van der Waals surface area contributed by atoms with E-state index in [1.54, 1.807) is 7.11 Å². The van der Waals surface area contributed by atoms with Crippen molar-refractivity contribution in [2.24, 2.45) is 11.8 Å². The van der Waals surface area contributed by atoms with Crippen LogP contribution < -0.4 is 4.74 Å². The van der Waals surface area contributed by atoms with Crippen LogP contribution in [0.1, 0.15) is 55.6 Å². The average molecular weight is 387 g/mol. The minimum atomic E-state index is 0.568. The van der Waals surface area contributed by atoms with E-state index in [-0.39, 0.29) is 0 Å². The summed E-state index contributed by atoms with van der Waals surface area (Å²) in [5.74, 6) is 3.58. The number of hydrogen-bond acceptors (Lipinski definition) is 3. The van der Waals surface area contributed by atoms with Crippen molar-refractivity contribution in [2.75, 3.05) is 20.2 Å². The molecule has 3 nitrogen and oxygen atoms in total. The predicted molar refractivity (Wildman–Crippen MR) is 116 cm³/mol. The van der Waals surface area contributed by atoms with Crippen LogP contribution in [-0.4, -0.2) is 31.1 Å². The number of methoxy groups -OCH3 is 1. The van der Waals surface area contributed by atoms with Crippen molar-refractivity contribution < 1.29 is 4.74 Å². The van der Waals surface area contributed by atoms with Crippen molar-refractivity contribution in [3.63, 3.8) is 0 Å². The molecule has 2 saturated carbocycles. The summed E-state index contributed by atoms with van der Waals surface area (Å²) in [6, 6.07) is 17.5. The van der Waals surface area contributed by atoms with E-state index >= 15 is 0 Å². The lowest BCUT2D eigenvalue weighted by Crippen LogP contribution is -2.43. The molecule has 0 amide bonds. The smallest absolute Gasteiger partial charge is 0.122 e. The largest absolute Gasteiger partial charge is 0.496 e. The predicted octanol–water partition coefficient (Wildman–Crippen LogP) is 5.60. The van der Waals surface area contributed by atoms with Gasteiger partial charge in [0.1, 0.15) is 5.75 Å². The fourth-order valence-corrected chi connectivity index (χ4v) is 6.17. The summed E-state index contributed by atoms with van der Waals surface area (Å²) in [5, 5.41) is 9.05. The van der Waals surface area contributed by atoms with Crippen LogP contribution in [0.3, 0.4) is 0 Å². The molecule has 29 heavy (non-hydrogen) atoms. The number of fused-ring (bicyclic) bond motifs is 2. The zero-order valence-corrected chi connectivity index (χ0v) is 17.3. The van der Waals surface area contributed by atoms with Gasteiger partial charge in [-0.15, -0.1) is 0 Å². The summed E-state index contributed by atoms with van der Waals surface area (Å²) in [4.78, 5) is 2.80. The van der Waals surface area contributed by atoms with Crippen LogP contribution in [-0.2, 0) is 0 Å². The van der Waals surface area contributed by atoms with Gasteiger partial charge < -0.3 is 9.64 Å². The quantitative estimate of drug-likeness (QED) is 0.686. The number of nitrogens with zero attached hydrogens (tertiary/aromatic N) is 2. The van der Waals surface area contributed by atoms with Gasteiger partial charge in [0.05, 0.1) is 18.7 Å². The van der Waals surface area contributed by atoms with Crippen LogP contribution in [0, 0.1) is 23.2 Å². The molecule has 2 aromatic rings. The van der Waals surface area contributed by atoms with Gasteiger partial charge in [-0.2, -0.15) is 5.26 Å². The number of piperidine rings is 1. The second kappa shape index (κ2) is 7.84. The van der Waals surface area contributed by atoms with Crippen LogP contribution in [0.15, 0.2) is 42.5 Å². The fraction of sp³-hybridized carbons (Fsp3) is 0.500. The van der Waals surface area contributed by atoms with Crippen LogP contribution >= 0.6 is 0 Å². The molecule has 0 N–H and O–H groups in total. The fourth-order valence-electron chi connectivity index (χ4n) is 6.17. The molecule has 1 saturated heterocycles. The number of benzene rings is 2. The Hall–Kier alpha value is -2.31. The van der Waals surface area contributed by atoms with E-state index < -0.39 is 0 Å². The lowest BCUT2D eigenvalue weighted by molar-refractivity contribution is 0.110. The molecule has 2 aromatic carbocycles. The second-order valence-electron chi connectivity index (χ2n) is 9.20. The van der Waals surface area contributed by atoms with Gasteiger partial charge in [0.15, 0.2) is 0 Å². The molecule has 3 heteroatoms. The Balaban J connectivity index is 1.33. The van der Waals surface area contributed by atoms with Gasteiger partial charge in [-0.3, -0.25) is 0 Å². The summed E-state index contributed by atoms with van der Waals surface area (Å²) < 4.78 is 5.74. The lowest BCUT2D eigenvalue weighted by atomic mass is 9.85. The van der Waals surface area contributed by atoms with Crippen LogP contribution in [0.4, 0.5) is 0 Å². The van der Waals surface area contributed by atoms with E-state index in [2.05, 4.69) is 29.2 Å². The van der Waals surface area contributed by atoms with Gasteiger partial charge in [0.2, 0.25) is 0 Å². The zero-order valence-electron chi connectivity index (χ0n) is 17.3. The summed E-state index contributed by atoms with van der Waals surface area (Å²) in [5.41, 5.74) is 4.42. The van der Waals surface area contributed by atoms with Gasteiger partial charge >= 0.3 is 0 Å². The number of rotatable bonds is 4. The maximum atomic E-state index is 9.05. The zero-order chi connectivity index (χ0) is 19.8. The minimum Gasteiger partial charge on any atom is -0.496 e. The molecule has 1 heterocycles. The van der Waals surface area contributed by atoms with Crippen molar-refractivity contribution in [1.82, 2.24) is 4.90 Å². The first kappa shape index (κ1) is 18.7. The third-order valence-electron chi connectivity index (χ3n) is 7.72. The Kier molecular flexibility index (Phi) is 5.06. The van der Waals surface area contributed by atoms with Gasteiger partial charge in [-0.25, -0.2) is 0 Å². The molecule has 5 rings (SSSR count). The Labute approximate surface area is 174 Å². The summed E-state index contributed by atoms with van der Waals surface area (Å²) >= 11 is 0. The highest BCUT2D eigenvalue weighted by Crippen LogP contribution is 2.48. The molecule has 1 aliphatic heterocycles. The van der Waals surface area contributed by atoms with Crippen molar-refractivity contribution in [3.05, 3.63) is 53.6 Å². The van der Waals surface area contributed by atoms with Crippen molar-refractivity contribution in [2.45, 2.75) is 50.5 Å². The first-order chi connectivity index (χ1) is 14.2. The van der Waals surface area contributed by atoms with E-state index in [9.17, 15) is 0 Å². The van der Waals surface area contributed by atoms with Gasteiger partial charge in [-0.05, 0) is 104 Å². The molecular formula is C26H30N2O.